The predicted molar refractivity (Wildman–Crippen MR) is 80.7 cm³/mol. The fourth-order valence-electron chi connectivity index (χ4n) is 2.33. The van der Waals surface area contributed by atoms with Crippen molar-refractivity contribution in [3.63, 3.8) is 0 Å². The second kappa shape index (κ2) is 5.50. The van der Waals surface area contributed by atoms with Crippen LogP contribution in [0.4, 0.5) is 0 Å². The van der Waals surface area contributed by atoms with Gasteiger partial charge in [0.25, 0.3) is 5.56 Å². The van der Waals surface area contributed by atoms with Crippen molar-refractivity contribution in [2.24, 2.45) is 0 Å². The van der Waals surface area contributed by atoms with Crippen molar-refractivity contribution >= 4 is 15.9 Å². The van der Waals surface area contributed by atoms with Crippen LogP contribution in [0.5, 0.6) is 0 Å². The van der Waals surface area contributed by atoms with E-state index in [9.17, 15) is 4.79 Å². The molecule has 1 saturated carbocycles. The van der Waals surface area contributed by atoms with Crippen molar-refractivity contribution in [2.75, 3.05) is 7.11 Å². The summed E-state index contributed by atoms with van der Waals surface area (Å²) in [6, 6.07) is 8.13. The van der Waals surface area contributed by atoms with Gasteiger partial charge in [-0.1, -0.05) is 24.3 Å². The third-order valence-corrected chi connectivity index (χ3v) is 4.26. The summed E-state index contributed by atoms with van der Waals surface area (Å²) in [6.45, 7) is 0.309. The minimum absolute atomic E-state index is 0.173. The third kappa shape index (κ3) is 2.55. The first-order chi connectivity index (χ1) is 9.70. The summed E-state index contributed by atoms with van der Waals surface area (Å²) in [5, 5.41) is 0. The van der Waals surface area contributed by atoms with Crippen LogP contribution in [0.2, 0.25) is 0 Å². The molecule has 0 aliphatic heterocycles. The van der Waals surface area contributed by atoms with E-state index in [2.05, 4.69) is 32.0 Å². The average Bonchev–Trinajstić information content (AvgIpc) is 3.28. The third-order valence-electron chi connectivity index (χ3n) is 3.45. The summed E-state index contributed by atoms with van der Waals surface area (Å²) in [5.41, 5.74) is 2.72. The molecule has 1 fully saturated rings. The first kappa shape index (κ1) is 13.5. The van der Waals surface area contributed by atoms with Crippen LogP contribution in [0, 0.1) is 0 Å². The second-order valence-electron chi connectivity index (χ2n) is 4.97. The molecule has 1 aliphatic rings. The van der Waals surface area contributed by atoms with Crippen molar-refractivity contribution in [3.8, 4) is 11.4 Å². The van der Waals surface area contributed by atoms with Gasteiger partial charge in [0.1, 0.15) is 10.3 Å². The maximum Gasteiger partial charge on any atom is 0.265 e. The van der Waals surface area contributed by atoms with Crippen LogP contribution in [-0.4, -0.2) is 17.1 Å². The van der Waals surface area contributed by atoms with Crippen LogP contribution in [0.25, 0.3) is 11.4 Å². The maximum absolute atomic E-state index is 12.0. The fourth-order valence-corrected chi connectivity index (χ4v) is 2.63. The molecule has 0 atom stereocenters. The normalized spacial score (nSPS) is 14.5. The Bertz CT molecular complexity index is 693. The smallest absolute Gasteiger partial charge is 0.265 e. The van der Waals surface area contributed by atoms with Gasteiger partial charge >= 0.3 is 0 Å². The minimum Gasteiger partial charge on any atom is -0.378 e. The fraction of sp³-hybridized carbons (Fsp3) is 0.333. The number of halogens is 1. The summed E-state index contributed by atoms with van der Waals surface area (Å²) in [7, 11) is 1.59. The molecule has 2 aromatic rings. The highest BCUT2D eigenvalue weighted by Crippen LogP contribution is 2.43. The van der Waals surface area contributed by atoms with E-state index in [1.165, 1.54) is 18.4 Å². The van der Waals surface area contributed by atoms with Crippen LogP contribution >= 0.6 is 15.9 Å². The lowest BCUT2D eigenvalue weighted by Gasteiger charge is -2.10. The standard InChI is InChI=1S/C15H15BrN2O2/c1-20-8-12-13(16)15(19)18-14(17-12)11-5-3-2-4-10(11)9-6-7-9/h2-5,9H,6-8H2,1H3,(H,17,18,19). The lowest BCUT2D eigenvalue weighted by atomic mass is 10.0. The first-order valence-electron chi connectivity index (χ1n) is 6.57. The molecule has 1 aromatic heterocycles. The topological polar surface area (TPSA) is 55.0 Å². The van der Waals surface area contributed by atoms with E-state index >= 15 is 0 Å². The van der Waals surface area contributed by atoms with Gasteiger partial charge in [0.2, 0.25) is 0 Å². The summed E-state index contributed by atoms with van der Waals surface area (Å²) in [4.78, 5) is 19.4. The van der Waals surface area contributed by atoms with E-state index in [-0.39, 0.29) is 5.56 Å². The molecule has 1 aromatic carbocycles. The van der Waals surface area contributed by atoms with Crippen molar-refractivity contribution in [3.05, 3.63) is 50.3 Å². The molecule has 0 saturated heterocycles. The van der Waals surface area contributed by atoms with E-state index < -0.39 is 0 Å². The van der Waals surface area contributed by atoms with Gasteiger partial charge in [-0.15, -0.1) is 0 Å². The average molecular weight is 335 g/mol. The molecule has 1 aliphatic carbocycles. The zero-order valence-corrected chi connectivity index (χ0v) is 12.7. The largest absolute Gasteiger partial charge is 0.378 e. The Balaban J connectivity index is 2.12. The lowest BCUT2D eigenvalue weighted by molar-refractivity contribution is 0.180. The van der Waals surface area contributed by atoms with Crippen molar-refractivity contribution < 1.29 is 4.74 Å². The van der Waals surface area contributed by atoms with E-state index in [1.54, 1.807) is 7.11 Å². The number of ether oxygens (including phenoxy) is 1. The molecule has 0 amide bonds. The van der Waals surface area contributed by atoms with Gasteiger partial charge in [-0.25, -0.2) is 4.98 Å². The highest BCUT2D eigenvalue weighted by Gasteiger charge is 2.26. The van der Waals surface area contributed by atoms with Crippen LogP contribution in [0.3, 0.4) is 0 Å². The van der Waals surface area contributed by atoms with Crippen LogP contribution in [0.1, 0.15) is 30.0 Å². The van der Waals surface area contributed by atoms with Gasteiger partial charge in [-0.2, -0.15) is 0 Å². The molecule has 0 bridgehead atoms. The van der Waals surface area contributed by atoms with Crippen molar-refractivity contribution in [1.82, 2.24) is 9.97 Å². The summed E-state index contributed by atoms with van der Waals surface area (Å²) < 4.78 is 5.54. The highest BCUT2D eigenvalue weighted by atomic mass is 79.9. The number of H-pyrrole nitrogens is 1. The number of aromatic nitrogens is 2. The van der Waals surface area contributed by atoms with E-state index in [0.29, 0.717) is 28.5 Å². The number of benzene rings is 1. The molecule has 0 unspecified atom stereocenters. The van der Waals surface area contributed by atoms with Gasteiger partial charge in [0, 0.05) is 12.7 Å². The van der Waals surface area contributed by atoms with Gasteiger partial charge < -0.3 is 9.72 Å². The molecular weight excluding hydrogens is 320 g/mol. The minimum atomic E-state index is -0.173. The number of rotatable bonds is 4. The molecular formula is C15H15BrN2O2. The molecule has 1 heterocycles. The number of nitrogens with zero attached hydrogens (tertiary/aromatic N) is 1. The quantitative estimate of drug-likeness (QED) is 0.933. The molecule has 5 heteroatoms. The molecule has 0 spiro atoms. The Morgan fingerprint density at radius 2 is 2.15 bits per heavy atom. The van der Waals surface area contributed by atoms with Crippen LogP contribution in [0.15, 0.2) is 33.5 Å². The monoisotopic (exact) mass is 334 g/mol. The predicted octanol–water partition coefficient (Wildman–Crippen LogP) is 3.22. The molecule has 20 heavy (non-hydrogen) atoms. The van der Waals surface area contributed by atoms with Gasteiger partial charge in [-0.3, -0.25) is 4.79 Å². The van der Waals surface area contributed by atoms with Crippen molar-refractivity contribution in [2.45, 2.75) is 25.4 Å². The number of hydrogen-bond acceptors (Lipinski definition) is 3. The van der Waals surface area contributed by atoms with E-state index in [4.69, 9.17) is 4.74 Å². The zero-order chi connectivity index (χ0) is 14.1. The molecule has 4 nitrogen and oxygen atoms in total. The summed E-state index contributed by atoms with van der Waals surface area (Å²) >= 11 is 3.26. The van der Waals surface area contributed by atoms with Gasteiger partial charge in [0.15, 0.2) is 0 Å². The Labute approximate surface area is 125 Å². The van der Waals surface area contributed by atoms with Crippen LogP contribution in [-0.2, 0) is 11.3 Å². The number of aromatic amines is 1. The molecule has 0 radical (unpaired) electrons. The highest BCUT2D eigenvalue weighted by molar-refractivity contribution is 9.10. The van der Waals surface area contributed by atoms with Gasteiger partial charge in [0.05, 0.1) is 12.3 Å². The molecule has 3 rings (SSSR count). The Kier molecular flexibility index (Phi) is 3.72. The number of nitrogens with one attached hydrogen (secondary N) is 1. The number of methoxy groups -OCH3 is 1. The maximum atomic E-state index is 12.0. The molecule has 1 N–H and O–H groups in total. The van der Waals surface area contributed by atoms with E-state index in [1.807, 2.05) is 18.2 Å². The van der Waals surface area contributed by atoms with Gasteiger partial charge in [-0.05, 0) is 40.3 Å². The Morgan fingerprint density at radius 1 is 1.40 bits per heavy atom. The second-order valence-corrected chi connectivity index (χ2v) is 5.76. The molecule has 104 valence electrons. The SMILES string of the molecule is COCc1nc(-c2ccccc2C2CC2)[nH]c(=O)c1Br. The zero-order valence-electron chi connectivity index (χ0n) is 11.1. The summed E-state index contributed by atoms with van der Waals surface area (Å²) in [6.07, 6.45) is 2.42. The van der Waals surface area contributed by atoms with E-state index in [0.717, 1.165) is 5.56 Å². The lowest BCUT2D eigenvalue weighted by Crippen LogP contribution is -2.14. The summed E-state index contributed by atoms with van der Waals surface area (Å²) in [5.74, 6) is 1.22. The Morgan fingerprint density at radius 3 is 2.85 bits per heavy atom. The van der Waals surface area contributed by atoms with Crippen molar-refractivity contribution in [1.29, 1.82) is 0 Å². The Hall–Kier alpha value is -1.46. The number of hydrogen-bond donors (Lipinski definition) is 1. The first-order valence-corrected chi connectivity index (χ1v) is 7.37. The van der Waals surface area contributed by atoms with Crippen LogP contribution < -0.4 is 5.56 Å².